The summed E-state index contributed by atoms with van der Waals surface area (Å²) in [5.74, 6) is 1.67. The maximum absolute atomic E-state index is 13.2. The number of amides is 1. The van der Waals surface area contributed by atoms with Gasteiger partial charge in [-0.1, -0.05) is 40.5 Å². The van der Waals surface area contributed by atoms with E-state index in [-0.39, 0.29) is 5.91 Å². The van der Waals surface area contributed by atoms with Crippen molar-refractivity contribution in [1.29, 1.82) is 0 Å². The molecule has 1 heterocycles. The largest absolute Gasteiger partial charge is 0.331 e. The van der Waals surface area contributed by atoms with Gasteiger partial charge < -0.3 is 9.47 Å². The van der Waals surface area contributed by atoms with Gasteiger partial charge in [-0.2, -0.15) is 0 Å². The summed E-state index contributed by atoms with van der Waals surface area (Å²) in [6.45, 7) is 4.22. The summed E-state index contributed by atoms with van der Waals surface area (Å²) in [6.07, 6.45) is 3.42. The summed E-state index contributed by atoms with van der Waals surface area (Å²) >= 11 is 9.70. The molecule has 4 nitrogen and oxygen atoms in total. The zero-order valence-electron chi connectivity index (χ0n) is 15.9. The third kappa shape index (κ3) is 4.26. The first kappa shape index (κ1) is 19.5. The topological polar surface area (TPSA) is 38.1 Å². The number of carbonyl (C=O) groups excluding carboxylic acids is 1. The average molecular weight is 461 g/mol. The number of rotatable bonds is 7. The zero-order chi connectivity index (χ0) is 19.7. The highest BCUT2D eigenvalue weighted by atomic mass is 79.9. The second kappa shape index (κ2) is 8.26. The van der Waals surface area contributed by atoms with Gasteiger partial charge in [0, 0.05) is 28.1 Å². The second-order valence-electron chi connectivity index (χ2n) is 7.45. The summed E-state index contributed by atoms with van der Waals surface area (Å²) < 4.78 is 3.17. The number of hydrogen-bond acceptors (Lipinski definition) is 2. The molecule has 1 aliphatic rings. The fourth-order valence-electron chi connectivity index (χ4n) is 3.53. The zero-order valence-corrected chi connectivity index (χ0v) is 18.2. The van der Waals surface area contributed by atoms with Crippen molar-refractivity contribution in [2.45, 2.75) is 39.3 Å². The second-order valence-corrected chi connectivity index (χ2v) is 8.80. The number of fused-ring (bicyclic) bond motifs is 1. The highest BCUT2D eigenvalue weighted by molar-refractivity contribution is 9.10. The molecule has 1 aliphatic carbocycles. The van der Waals surface area contributed by atoms with Crippen LogP contribution in [0.4, 0.5) is 0 Å². The lowest BCUT2D eigenvalue weighted by Gasteiger charge is -2.22. The first-order valence-corrected chi connectivity index (χ1v) is 10.9. The van der Waals surface area contributed by atoms with Crippen LogP contribution in [0.15, 0.2) is 46.9 Å². The maximum atomic E-state index is 13.2. The number of halogens is 2. The summed E-state index contributed by atoms with van der Waals surface area (Å²) in [6, 6.07) is 13.4. The van der Waals surface area contributed by atoms with Gasteiger partial charge in [-0.05, 0) is 61.6 Å². The predicted octanol–water partition coefficient (Wildman–Crippen LogP) is 5.91. The Balaban J connectivity index is 1.68. The molecule has 1 fully saturated rings. The molecule has 28 heavy (non-hydrogen) atoms. The van der Waals surface area contributed by atoms with Crippen molar-refractivity contribution in [2.24, 2.45) is 5.92 Å². The standard InChI is InChI=1S/C22H23BrClN3O/c1-2-10-26(22(28)16-4-3-5-17(23)11-16)14-21-25-19-9-8-18(24)12-20(19)27(21)13-15-6-7-15/h3-5,8-9,11-12,15H,2,6-7,10,13-14H2,1H3. The van der Waals surface area contributed by atoms with Crippen LogP contribution >= 0.6 is 27.5 Å². The van der Waals surface area contributed by atoms with Gasteiger partial charge in [-0.3, -0.25) is 4.79 Å². The smallest absolute Gasteiger partial charge is 0.254 e. The number of imidazole rings is 1. The third-order valence-corrected chi connectivity index (χ3v) is 5.84. The SMILES string of the molecule is CCCN(Cc1nc2ccc(Cl)cc2n1CC1CC1)C(=O)c1cccc(Br)c1. The minimum atomic E-state index is 0.0335. The molecule has 1 aromatic heterocycles. The van der Waals surface area contributed by atoms with Crippen LogP contribution in [0, 0.1) is 5.92 Å². The van der Waals surface area contributed by atoms with Crippen LogP contribution in [-0.4, -0.2) is 26.9 Å². The van der Waals surface area contributed by atoms with E-state index in [1.807, 2.05) is 47.4 Å². The van der Waals surface area contributed by atoms with Gasteiger partial charge in [0.2, 0.25) is 0 Å². The Morgan fingerprint density at radius 2 is 2.11 bits per heavy atom. The lowest BCUT2D eigenvalue weighted by atomic mass is 10.2. The molecule has 0 aliphatic heterocycles. The Labute approximate surface area is 178 Å². The number of aromatic nitrogens is 2. The normalized spacial score (nSPS) is 13.8. The van der Waals surface area contributed by atoms with Gasteiger partial charge in [0.05, 0.1) is 17.6 Å². The minimum Gasteiger partial charge on any atom is -0.331 e. The van der Waals surface area contributed by atoms with Crippen molar-refractivity contribution in [1.82, 2.24) is 14.5 Å². The molecule has 3 aromatic rings. The van der Waals surface area contributed by atoms with E-state index in [1.54, 1.807) is 0 Å². The first-order valence-electron chi connectivity index (χ1n) is 9.74. The highest BCUT2D eigenvalue weighted by Gasteiger charge is 2.26. The third-order valence-electron chi connectivity index (χ3n) is 5.11. The van der Waals surface area contributed by atoms with Crippen LogP contribution in [0.2, 0.25) is 5.02 Å². The summed E-state index contributed by atoms with van der Waals surface area (Å²) in [5.41, 5.74) is 2.68. The average Bonchev–Trinajstić information content (AvgIpc) is 3.44. The van der Waals surface area contributed by atoms with Crippen molar-refractivity contribution in [3.05, 3.63) is 63.3 Å². The van der Waals surface area contributed by atoms with Crippen LogP contribution in [-0.2, 0) is 13.1 Å². The Morgan fingerprint density at radius 1 is 1.29 bits per heavy atom. The van der Waals surface area contributed by atoms with E-state index in [2.05, 4.69) is 27.4 Å². The molecular formula is C22H23BrClN3O. The number of nitrogens with zero attached hydrogens (tertiary/aromatic N) is 3. The van der Waals surface area contributed by atoms with Crippen molar-refractivity contribution >= 4 is 44.5 Å². The van der Waals surface area contributed by atoms with Crippen molar-refractivity contribution in [3.8, 4) is 0 Å². The molecule has 1 saturated carbocycles. The summed E-state index contributed by atoms with van der Waals surface area (Å²) in [5, 5.41) is 0.714. The molecule has 2 aromatic carbocycles. The Bertz CT molecular complexity index is 1010. The Hall–Kier alpha value is -1.85. The Kier molecular flexibility index (Phi) is 5.74. The number of carbonyl (C=O) groups is 1. The molecule has 0 bridgehead atoms. The molecule has 6 heteroatoms. The number of hydrogen-bond donors (Lipinski definition) is 0. The predicted molar refractivity (Wildman–Crippen MR) is 117 cm³/mol. The van der Waals surface area contributed by atoms with Gasteiger partial charge in [0.1, 0.15) is 5.82 Å². The van der Waals surface area contributed by atoms with Crippen LogP contribution in [0.3, 0.4) is 0 Å². The van der Waals surface area contributed by atoms with E-state index in [9.17, 15) is 4.79 Å². The van der Waals surface area contributed by atoms with Crippen LogP contribution in [0.5, 0.6) is 0 Å². The van der Waals surface area contributed by atoms with Gasteiger partial charge in [0.15, 0.2) is 0 Å². The summed E-state index contributed by atoms with van der Waals surface area (Å²) in [7, 11) is 0. The maximum Gasteiger partial charge on any atom is 0.254 e. The van der Waals surface area contributed by atoms with Crippen molar-refractivity contribution in [2.75, 3.05) is 6.54 Å². The lowest BCUT2D eigenvalue weighted by molar-refractivity contribution is 0.0737. The fraction of sp³-hybridized carbons (Fsp3) is 0.364. The molecule has 0 radical (unpaired) electrons. The van der Waals surface area contributed by atoms with E-state index < -0.39 is 0 Å². The van der Waals surface area contributed by atoms with Gasteiger partial charge in [0.25, 0.3) is 5.91 Å². The van der Waals surface area contributed by atoms with E-state index in [4.69, 9.17) is 16.6 Å². The molecule has 0 spiro atoms. The molecule has 4 rings (SSSR count). The van der Waals surface area contributed by atoms with Crippen LogP contribution in [0.25, 0.3) is 11.0 Å². The molecule has 0 unspecified atom stereocenters. The van der Waals surface area contributed by atoms with E-state index in [0.717, 1.165) is 34.3 Å². The lowest BCUT2D eigenvalue weighted by Crippen LogP contribution is -2.32. The Morgan fingerprint density at radius 3 is 2.82 bits per heavy atom. The molecule has 0 atom stereocenters. The van der Waals surface area contributed by atoms with Crippen molar-refractivity contribution < 1.29 is 4.79 Å². The molecular weight excluding hydrogens is 438 g/mol. The summed E-state index contributed by atoms with van der Waals surface area (Å²) in [4.78, 5) is 19.9. The first-order chi connectivity index (χ1) is 13.5. The van der Waals surface area contributed by atoms with Gasteiger partial charge in [-0.25, -0.2) is 4.98 Å². The van der Waals surface area contributed by atoms with Crippen LogP contribution < -0.4 is 0 Å². The van der Waals surface area contributed by atoms with E-state index in [1.165, 1.54) is 12.8 Å². The van der Waals surface area contributed by atoms with E-state index >= 15 is 0 Å². The van der Waals surface area contributed by atoms with Gasteiger partial charge in [-0.15, -0.1) is 0 Å². The number of benzene rings is 2. The van der Waals surface area contributed by atoms with Crippen molar-refractivity contribution in [3.63, 3.8) is 0 Å². The molecule has 0 N–H and O–H groups in total. The quantitative estimate of drug-likeness (QED) is 0.439. The molecule has 1 amide bonds. The molecule has 0 saturated heterocycles. The fourth-order valence-corrected chi connectivity index (χ4v) is 4.09. The minimum absolute atomic E-state index is 0.0335. The van der Waals surface area contributed by atoms with Gasteiger partial charge >= 0.3 is 0 Å². The van der Waals surface area contributed by atoms with E-state index in [0.29, 0.717) is 29.6 Å². The monoisotopic (exact) mass is 459 g/mol. The highest BCUT2D eigenvalue weighted by Crippen LogP contribution is 2.33. The molecule has 146 valence electrons. The van der Waals surface area contributed by atoms with Crippen LogP contribution in [0.1, 0.15) is 42.4 Å².